The Morgan fingerprint density at radius 1 is 1.53 bits per heavy atom. The molecule has 0 fully saturated rings. The molecule has 78 valence electrons. The minimum Gasteiger partial charge on any atom is -0.364 e. The molecule has 0 unspecified atom stereocenters. The van der Waals surface area contributed by atoms with Crippen LogP contribution in [0.2, 0.25) is 0 Å². The van der Waals surface area contributed by atoms with E-state index in [0.717, 1.165) is 17.2 Å². The molecule has 15 heavy (non-hydrogen) atoms. The summed E-state index contributed by atoms with van der Waals surface area (Å²) in [7, 11) is 0. The van der Waals surface area contributed by atoms with Gasteiger partial charge in [0.05, 0.1) is 6.54 Å². The van der Waals surface area contributed by atoms with Crippen molar-refractivity contribution in [1.82, 2.24) is 9.97 Å². The molecule has 0 aliphatic heterocycles. The number of anilines is 1. The van der Waals surface area contributed by atoms with Gasteiger partial charge in [0.15, 0.2) is 0 Å². The number of H-pyrrole nitrogens is 1. The fraction of sp³-hybridized carbons (Fsp3) is 0.200. The largest absolute Gasteiger partial charge is 0.364 e. The van der Waals surface area contributed by atoms with E-state index >= 15 is 0 Å². The van der Waals surface area contributed by atoms with Crippen LogP contribution in [-0.4, -0.2) is 9.97 Å². The van der Waals surface area contributed by atoms with Crippen LogP contribution in [0.4, 0.5) is 5.82 Å². The molecule has 0 spiro atoms. The summed E-state index contributed by atoms with van der Waals surface area (Å²) in [5.74, 6) is 0.821. The van der Waals surface area contributed by atoms with E-state index in [1.807, 2.05) is 30.5 Å². The first-order valence-corrected chi connectivity index (χ1v) is 5.46. The van der Waals surface area contributed by atoms with E-state index < -0.39 is 0 Å². The van der Waals surface area contributed by atoms with Gasteiger partial charge in [-0.05, 0) is 19.1 Å². The highest BCUT2D eigenvalue weighted by Gasteiger charge is 1.97. The molecule has 0 bridgehead atoms. The van der Waals surface area contributed by atoms with Crippen molar-refractivity contribution in [3.63, 3.8) is 0 Å². The minimum atomic E-state index is -0.0241. The molecule has 0 aliphatic rings. The number of pyridine rings is 1. The Kier molecular flexibility index (Phi) is 2.82. The first-order chi connectivity index (χ1) is 7.24. The average Bonchev–Trinajstić information content (AvgIpc) is 2.62. The zero-order valence-corrected chi connectivity index (χ0v) is 9.10. The van der Waals surface area contributed by atoms with Gasteiger partial charge in [0.1, 0.15) is 5.82 Å². The summed E-state index contributed by atoms with van der Waals surface area (Å²) >= 11 is 1.17. The summed E-state index contributed by atoms with van der Waals surface area (Å²) in [6, 6.07) is 5.79. The van der Waals surface area contributed by atoms with Crippen LogP contribution in [0.25, 0.3) is 0 Å². The number of aromatic nitrogens is 2. The Bertz CT molecular complexity index is 503. The number of rotatable bonds is 3. The van der Waals surface area contributed by atoms with Gasteiger partial charge in [0, 0.05) is 16.8 Å². The molecule has 0 amide bonds. The summed E-state index contributed by atoms with van der Waals surface area (Å²) in [5, 5.41) is 4.95. The molecule has 2 heterocycles. The number of nitrogens with one attached hydrogen (secondary N) is 2. The van der Waals surface area contributed by atoms with Gasteiger partial charge >= 0.3 is 4.87 Å². The van der Waals surface area contributed by atoms with Crippen LogP contribution in [0.15, 0.2) is 28.4 Å². The number of hydrogen-bond acceptors (Lipinski definition) is 4. The predicted molar refractivity (Wildman–Crippen MR) is 61.2 cm³/mol. The van der Waals surface area contributed by atoms with Crippen molar-refractivity contribution in [2.24, 2.45) is 0 Å². The number of aryl methyl sites for hydroxylation is 1. The van der Waals surface area contributed by atoms with Crippen molar-refractivity contribution in [3.8, 4) is 0 Å². The molecule has 2 rings (SSSR count). The van der Waals surface area contributed by atoms with E-state index in [1.54, 1.807) is 0 Å². The molecule has 4 nitrogen and oxygen atoms in total. The first kappa shape index (κ1) is 9.92. The Morgan fingerprint density at radius 3 is 3.07 bits per heavy atom. The lowest BCUT2D eigenvalue weighted by atomic mass is 10.3. The fourth-order valence-corrected chi connectivity index (χ4v) is 1.81. The molecule has 0 aliphatic carbocycles. The quantitative estimate of drug-likeness (QED) is 0.830. The van der Waals surface area contributed by atoms with E-state index in [-0.39, 0.29) is 4.87 Å². The summed E-state index contributed by atoms with van der Waals surface area (Å²) in [6.07, 6.45) is 0. The monoisotopic (exact) mass is 221 g/mol. The van der Waals surface area contributed by atoms with Crippen molar-refractivity contribution in [1.29, 1.82) is 0 Å². The first-order valence-electron chi connectivity index (χ1n) is 4.58. The highest BCUT2D eigenvalue weighted by molar-refractivity contribution is 7.07. The third kappa shape index (κ3) is 2.66. The number of nitrogens with zero attached hydrogens (tertiary/aromatic N) is 1. The van der Waals surface area contributed by atoms with Crippen molar-refractivity contribution in [2.45, 2.75) is 13.5 Å². The lowest BCUT2D eigenvalue weighted by Crippen LogP contribution is -2.04. The lowest BCUT2D eigenvalue weighted by molar-refractivity contribution is 1.03. The summed E-state index contributed by atoms with van der Waals surface area (Å²) in [5.41, 5.74) is 1.85. The third-order valence-electron chi connectivity index (χ3n) is 1.92. The highest BCUT2D eigenvalue weighted by atomic mass is 32.1. The molecule has 0 aromatic carbocycles. The molecule has 2 aromatic heterocycles. The van der Waals surface area contributed by atoms with Gasteiger partial charge in [-0.1, -0.05) is 17.4 Å². The summed E-state index contributed by atoms with van der Waals surface area (Å²) < 4.78 is 0. The van der Waals surface area contributed by atoms with Gasteiger partial charge in [-0.3, -0.25) is 4.79 Å². The number of thiazole rings is 1. The number of hydrogen-bond donors (Lipinski definition) is 2. The van der Waals surface area contributed by atoms with Crippen LogP contribution < -0.4 is 10.2 Å². The molecular formula is C10H11N3OS. The lowest BCUT2D eigenvalue weighted by Gasteiger charge is -2.03. The van der Waals surface area contributed by atoms with E-state index in [9.17, 15) is 4.79 Å². The maximum absolute atomic E-state index is 10.9. The smallest absolute Gasteiger partial charge is 0.304 e. The van der Waals surface area contributed by atoms with Crippen LogP contribution in [0.1, 0.15) is 11.4 Å². The Labute approximate surface area is 91.0 Å². The van der Waals surface area contributed by atoms with E-state index in [0.29, 0.717) is 6.54 Å². The van der Waals surface area contributed by atoms with Crippen molar-refractivity contribution in [2.75, 3.05) is 5.32 Å². The second-order valence-electron chi connectivity index (χ2n) is 3.19. The normalized spacial score (nSPS) is 10.2. The molecule has 2 N–H and O–H groups in total. The predicted octanol–water partition coefficient (Wildman–Crippen LogP) is 1.75. The van der Waals surface area contributed by atoms with Gasteiger partial charge in [0.25, 0.3) is 0 Å². The van der Waals surface area contributed by atoms with Crippen LogP contribution >= 0.6 is 11.3 Å². The topological polar surface area (TPSA) is 57.8 Å². The van der Waals surface area contributed by atoms with Crippen LogP contribution in [0.3, 0.4) is 0 Å². The minimum absolute atomic E-state index is 0.0241. The second kappa shape index (κ2) is 4.27. The van der Waals surface area contributed by atoms with Gasteiger partial charge in [-0.25, -0.2) is 4.98 Å². The Morgan fingerprint density at radius 2 is 2.40 bits per heavy atom. The maximum atomic E-state index is 10.9. The van der Waals surface area contributed by atoms with Crippen molar-refractivity contribution in [3.05, 3.63) is 44.6 Å². The Balaban J connectivity index is 2.02. The average molecular weight is 221 g/mol. The number of aromatic amines is 1. The van der Waals surface area contributed by atoms with Crippen molar-refractivity contribution < 1.29 is 0 Å². The zero-order valence-electron chi connectivity index (χ0n) is 8.28. The molecule has 0 atom stereocenters. The second-order valence-corrected chi connectivity index (χ2v) is 4.03. The van der Waals surface area contributed by atoms with E-state index in [4.69, 9.17) is 0 Å². The van der Waals surface area contributed by atoms with Gasteiger partial charge in [0.2, 0.25) is 0 Å². The molecule has 0 radical (unpaired) electrons. The third-order valence-corrected chi connectivity index (χ3v) is 2.64. The van der Waals surface area contributed by atoms with Crippen molar-refractivity contribution >= 4 is 17.2 Å². The van der Waals surface area contributed by atoms with E-state index in [1.165, 1.54) is 11.3 Å². The van der Waals surface area contributed by atoms with Crippen LogP contribution in [0.5, 0.6) is 0 Å². The fourth-order valence-electron chi connectivity index (χ4n) is 1.23. The SMILES string of the molecule is Cc1cccc(NCc2csc(=O)[nH]2)n1. The molecule has 2 aromatic rings. The van der Waals surface area contributed by atoms with Crippen LogP contribution in [0, 0.1) is 6.92 Å². The Hall–Kier alpha value is -1.62. The maximum Gasteiger partial charge on any atom is 0.304 e. The van der Waals surface area contributed by atoms with Gasteiger partial charge < -0.3 is 10.3 Å². The zero-order chi connectivity index (χ0) is 10.7. The van der Waals surface area contributed by atoms with E-state index in [2.05, 4.69) is 15.3 Å². The molecule has 0 saturated carbocycles. The highest BCUT2D eigenvalue weighted by Crippen LogP contribution is 2.05. The molecular weight excluding hydrogens is 210 g/mol. The summed E-state index contributed by atoms with van der Waals surface area (Å²) in [4.78, 5) is 17.9. The molecule has 5 heteroatoms. The van der Waals surface area contributed by atoms with Crippen LogP contribution in [-0.2, 0) is 6.54 Å². The van der Waals surface area contributed by atoms with Gasteiger partial charge in [-0.15, -0.1) is 0 Å². The van der Waals surface area contributed by atoms with Gasteiger partial charge in [-0.2, -0.15) is 0 Å². The summed E-state index contributed by atoms with van der Waals surface area (Å²) in [6.45, 7) is 2.53. The standard InChI is InChI=1S/C10H11N3OS/c1-7-3-2-4-9(12-7)11-5-8-6-15-10(14)13-8/h2-4,6H,5H2,1H3,(H,11,12)(H,13,14). The molecule has 0 saturated heterocycles.